The summed E-state index contributed by atoms with van der Waals surface area (Å²) in [5, 5.41) is 21.1. The lowest BCUT2D eigenvalue weighted by Crippen LogP contribution is -2.19. The van der Waals surface area contributed by atoms with Crippen LogP contribution in [0.4, 0.5) is 0 Å². The highest BCUT2D eigenvalue weighted by atomic mass is 35.5. The van der Waals surface area contributed by atoms with Crippen LogP contribution in [-0.2, 0) is 4.79 Å². The van der Waals surface area contributed by atoms with Gasteiger partial charge in [0.1, 0.15) is 0 Å². The zero-order valence-electron chi connectivity index (χ0n) is 12.6. The van der Waals surface area contributed by atoms with Crippen LogP contribution >= 0.6 is 23.2 Å². The topological polar surface area (TPSA) is 57.5 Å². The third-order valence-corrected chi connectivity index (χ3v) is 4.39. The number of aliphatic carboxylic acids is 1. The molecule has 0 aromatic heterocycles. The van der Waals surface area contributed by atoms with Crippen molar-refractivity contribution in [3.63, 3.8) is 0 Å². The van der Waals surface area contributed by atoms with E-state index in [-0.39, 0.29) is 5.92 Å². The van der Waals surface area contributed by atoms with Gasteiger partial charge in [0, 0.05) is 16.0 Å². The summed E-state index contributed by atoms with van der Waals surface area (Å²) >= 11 is 11.9. The second-order valence-corrected chi connectivity index (χ2v) is 6.51. The Morgan fingerprint density at radius 1 is 1.04 bits per heavy atom. The molecule has 122 valence electrons. The number of aliphatic hydroxyl groups excluding tert-OH is 1. The highest BCUT2D eigenvalue weighted by Gasteiger charge is 2.27. The lowest BCUT2D eigenvalue weighted by atomic mass is 9.83. The summed E-state index contributed by atoms with van der Waals surface area (Å²) in [5.74, 6) is -1.85. The standard InChI is InChI=1S/C18H18Cl2O3/c1-11(18(22)23)9-16(13-3-2-4-15(20)10-13)17(21)12-5-7-14(19)8-6-12/h2-8,10-11,16-17,21H,9H2,1H3,(H,22,23)/t11?,16-,17+/m0/s1. The summed E-state index contributed by atoms with van der Waals surface area (Å²) in [6.45, 7) is 1.63. The van der Waals surface area contributed by atoms with Gasteiger partial charge in [0.25, 0.3) is 0 Å². The van der Waals surface area contributed by atoms with Gasteiger partial charge in [0.05, 0.1) is 12.0 Å². The molecule has 0 fully saturated rings. The SMILES string of the molecule is CC(C[C@@H](c1cccc(Cl)c1)[C@H](O)c1ccc(Cl)cc1)C(=O)O. The first-order valence-corrected chi connectivity index (χ1v) is 8.06. The normalized spacial score (nSPS) is 15.0. The molecule has 0 aliphatic heterocycles. The Balaban J connectivity index is 2.35. The Labute approximate surface area is 145 Å². The molecular weight excluding hydrogens is 335 g/mol. The molecule has 0 spiro atoms. The molecule has 23 heavy (non-hydrogen) atoms. The predicted octanol–water partition coefficient (Wildman–Crippen LogP) is 4.92. The fourth-order valence-electron chi connectivity index (χ4n) is 2.56. The van der Waals surface area contributed by atoms with Crippen molar-refractivity contribution in [2.45, 2.75) is 25.4 Å². The fourth-order valence-corrected chi connectivity index (χ4v) is 2.88. The molecule has 0 aliphatic carbocycles. The van der Waals surface area contributed by atoms with Crippen molar-refractivity contribution < 1.29 is 15.0 Å². The van der Waals surface area contributed by atoms with Gasteiger partial charge in [0.2, 0.25) is 0 Å². The summed E-state index contributed by atoms with van der Waals surface area (Å²) in [6, 6.07) is 14.1. The molecule has 5 heteroatoms. The van der Waals surface area contributed by atoms with E-state index in [4.69, 9.17) is 23.2 Å². The number of carbonyl (C=O) groups is 1. The Kier molecular flexibility index (Phi) is 6.05. The maximum Gasteiger partial charge on any atom is 0.306 e. The number of aliphatic hydroxyl groups is 1. The molecule has 0 radical (unpaired) electrons. The largest absolute Gasteiger partial charge is 0.481 e. The van der Waals surface area contributed by atoms with Crippen molar-refractivity contribution in [2.75, 3.05) is 0 Å². The van der Waals surface area contributed by atoms with Crippen molar-refractivity contribution >= 4 is 29.2 Å². The van der Waals surface area contributed by atoms with Crippen molar-refractivity contribution in [3.05, 3.63) is 69.7 Å². The molecule has 2 aromatic carbocycles. The number of hydrogen-bond donors (Lipinski definition) is 2. The van der Waals surface area contributed by atoms with Gasteiger partial charge >= 0.3 is 5.97 Å². The minimum Gasteiger partial charge on any atom is -0.481 e. The van der Waals surface area contributed by atoms with Gasteiger partial charge in [-0.05, 0) is 41.8 Å². The molecule has 3 nitrogen and oxygen atoms in total. The van der Waals surface area contributed by atoms with Crippen LogP contribution in [0.15, 0.2) is 48.5 Å². The molecule has 2 N–H and O–H groups in total. The Hall–Kier alpha value is -1.55. The monoisotopic (exact) mass is 352 g/mol. The molecule has 0 saturated heterocycles. The van der Waals surface area contributed by atoms with E-state index in [1.807, 2.05) is 6.07 Å². The average molecular weight is 353 g/mol. The fraction of sp³-hybridized carbons (Fsp3) is 0.278. The predicted molar refractivity (Wildman–Crippen MR) is 92.0 cm³/mol. The Morgan fingerprint density at radius 3 is 2.26 bits per heavy atom. The summed E-state index contributed by atoms with van der Waals surface area (Å²) in [7, 11) is 0. The first kappa shape index (κ1) is 17.8. The quantitative estimate of drug-likeness (QED) is 0.775. The minimum atomic E-state index is -0.889. The van der Waals surface area contributed by atoms with Gasteiger partial charge in [-0.3, -0.25) is 4.79 Å². The van der Waals surface area contributed by atoms with Crippen LogP contribution < -0.4 is 0 Å². The van der Waals surface area contributed by atoms with Gasteiger partial charge in [-0.15, -0.1) is 0 Å². The molecule has 2 rings (SSSR count). The van der Waals surface area contributed by atoms with Gasteiger partial charge in [0.15, 0.2) is 0 Å². The van der Waals surface area contributed by atoms with Crippen LogP contribution in [-0.4, -0.2) is 16.2 Å². The molecule has 0 amide bonds. The lowest BCUT2D eigenvalue weighted by Gasteiger charge is -2.25. The first-order valence-electron chi connectivity index (χ1n) is 7.30. The zero-order chi connectivity index (χ0) is 17.0. The van der Waals surface area contributed by atoms with E-state index in [1.165, 1.54) is 0 Å². The van der Waals surface area contributed by atoms with Crippen LogP contribution in [0.5, 0.6) is 0 Å². The van der Waals surface area contributed by atoms with Crippen LogP contribution in [0.1, 0.15) is 36.5 Å². The molecule has 0 heterocycles. The number of rotatable bonds is 6. The second-order valence-electron chi connectivity index (χ2n) is 5.63. The number of halogens is 2. The smallest absolute Gasteiger partial charge is 0.306 e. The van der Waals surface area contributed by atoms with Crippen molar-refractivity contribution in [1.82, 2.24) is 0 Å². The van der Waals surface area contributed by atoms with Crippen LogP contribution in [0.25, 0.3) is 0 Å². The third kappa shape index (κ3) is 4.71. The van der Waals surface area contributed by atoms with E-state index in [0.717, 1.165) is 5.56 Å². The van der Waals surface area contributed by atoms with Gasteiger partial charge in [-0.2, -0.15) is 0 Å². The lowest BCUT2D eigenvalue weighted by molar-refractivity contribution is -0.141. The molecule has 2 aromatic rings. The molecule has 1 unspecified atom stereocenters. The van der Waals surface area contributed by atoms with Gasteiger partial charge in [-0.1, -0.05) is 54.4 Å². The Morgan fingerprint density at radius 2 is 1.70 bits per heavy atom. The molecular formula is C18H18Cl2O3. The van der Waals surface area contributed by atoms with E-state index >= 15 is 0 Å². The number of hydrogen-bond acceptors (Lipinski definition) is 2. The zero-order valence-corrected chi connectivity index (χ0v) is 14.1. The van der Waals surface area contributed by atoms with E-state index < -0.39 is 18.0 Å². The van der Waals surface area contributed by atoms with Crippen molar-refractivity contribution in [3.8, 4) is 0 Å². The van der Waals surface area contributed by atoms with Gasteiger partial charge < -0.3 is 10.2 Å². The van der Waals surface area contributed by atoms with Crippen LogP contribution in [0.3, 0.4) is 0 Å². The number of benzene rings is 2. The maximum atomic E-state index is 11.2. The maximum absolute atomic E-state index is 11.2. The number of carboxylic acid groups (broad SMARTS) is 1. The summed E-state index contributed by atoms with van der Waals surface area (Å²) in [5.41, 5.74) is 1.50. The van der Waals surface area contributed by atoms with E-state index in [9.17, 15) is 15.0 Å². The first-order chi connectivity index (χ1) is 10.9. The average Bonchev–Trinajstić information content (AvgIpc) is 2.52. The highest BCUT2D eigenvalue weighted by Crippen LogP contribution is 2.37. The van der Waals surface area contributed by atoms with E-state index in [1.54, 1.807) is 49.4 Å². The minimum absolute atomic E-state index is 0.305. The van der Waals surface area contributed by atoms with E-state index in [2.05, 4.69) is 0 Å². The summed E-state index contributed by atoms with van der Waals surface area (Å²) in [6.07, 6.45) is -0.535. The third-order valence-electron chi connectivity index (χ3n) is 3.90. The van der Waals surface area contributed by atoms with Crippen molar-refractivity contribution in [2.24, 2.45) is 5.92 Å². The van der Waals surface area contributed by atoms with Crippen molar-refractivity contribution in [1.29, 1.82) is 0 Å². The molecule has 3 atom stereocenters. The second kappa shape index (κ2) is 7.82. The Bertz CT molecular complexity index is 670. The number of carboxylic acids is 1. The molecule has 0 bridgehead atoms. The van der Waals surface area contributed by atoms with E-state index in [0.29, 0.717) is 22.0 Å². The summed E-state index contributed by atoms with van der Waals surface area (Å²) in [4.78, 5) is 11.2. The summed E-state index contributed by atoms with van der Waals surface area (Å²) < 4.78 is 0. The van der Waals surface area contributed by atoms with Crippen LogP contribution in [0, 0.1) is 5.92 Å². The molecule has 0 aliphatic rings. The molecule has 0 saturated carbocycles. The highest BCUT2D eigenvalue weighted by molar-refractivity contribution is 6.30. The van der Waals surface area contributed by atoms with Crippen LogP contribution in [0.2, 0.25) is 10.0 Å². The van der Waals surface area contributed by atoms with Gasteiger partial charge in [-0.25, -0.2) is 0 Å².